The lowest BCUT2D eigenvalue weighted by atomic mass is 10.1. The minimum absolute atomic E-state index is 0.178. The molecule has 0 unspecified atom stereocenters. The monoisotopic (exact) mass is 293 g/mol. The summed E-state index contributed by atoms with van der Waals surface area (Å²) in [7, 11) is 0. The van der Waals surface area contributed by atoms with E-state index in [1.165, 1.54) is 6.92 Å². The highest BCUT2D eigenvalue weighted by molar-refractivity contribution is 8.25. The first-order chi connectivity index (χ1) is 9.09. The molecule has 0 atom stereocenters. The molecule has 3 nitrogen and oxygen atoms in total. The highest BCUT2D eigenvalue weighted by Gasteiger charge is 2.23. The van der Waals surface area contributed by atoms with Crippen LogP contribution in [0.2, 0.25) is 0 Å². The first-order valence-corrected chi connectivity index (χ1v) is 7.94. The van der Waals surface area contributed by atoms with Gasteiger partial charge in [0, 0.05) is 17.2 Å². The standard InChI is InChI=1S/C14H15NO2S2/c1-9-5-3-4-6-11(9)15-13(17)12(10(2)16)14-18-7-8-19-14/h3-6H,7-8H2,1-2H3,(H,15,17). The maximum atomic E-state index is 12.3. The minimum Gasteiger partial charge on any atom is -0.322 e. The summed E-state index contributed by atoms with van der Waals surface area (Å²) in [5.74, 6) is 1.42. The predicted molar refractivity (Wildman–Crippen MR) is 82.4 cm³/mol. The van der Waals surface area contributed by atoms with E-state index in [9.17, 15) is 9.59 Å². The summed E-state index contributed by atoms with van der Waals surface area (Å²) in [5.41, 5.74) is 2.02. The maximum absolute atomic E-state index is 12.3. The number of amides is 1. The van der Waals surface area contributed by atoms with Crippen molar-refractivity contribution < 1.29 is 9.59 Å². The second kappa shape index (κ2) is 6.30. The summed E-state index contributed by atoms with van der Waals surface area (Å²) in [6, 6.07) is 7.54. The number of benzene rings is 1. The first kappa shape index (κ1) is 14.2. The van der Waals surface area contributed by atoms with Gasteiger partial charge in [-0.1, -0.05) is 18.2 Å². The Morgan fingerprint density at radius 2 is 1.79 bits per heavy atom. The number of aryl methyl sites for hydroxylation is 1. The molecule has 2 rings (SSSR count). The van der Waals surface area contributed by atoms with E-state index < -0.39 is 0 Å². The number of nitrogens with one attached hydrogen (secondary N) is 1. The van der Waals surface area contributed by atoms with Gasteiger partial charge < -0.3 is 5.32 Å². The van der Waals surface area contributed by atoms with Gasteiger partial charge in [0.1, 0.15) is 5.57 Å². The number of ketones is 1. The molecule has 0 spiro atoms. The summed E-state index contributed by atoms with van der Waals surface area (Å²) in [4.78, 5) is 24.0. The Kier molecular flexibility index (Phi) is 4.71. The van der Waals surface area contributed by atoms with Gasteiger partial charge in [-0.25, -0.2) is 0 Å². The van der Waals surface area contributed by atoms with Crippen LogP contribution < -0.4 is 5.32 Å². The number of carbonyl (C=O) groups excluding carboxylic acids is 2. The van der Waals surface area contributed by atoms with E-state index in [0.29, 0.717) is 0 Å². The van der Waals surface area contributed by atoms with Gasteiger partial charge in [-0.3, -0.25) is 9.59 Å². The van der Waals surface area contributed by atoms with Crippen LogP contribution in [-0.4, -0.2) is 23.2 Å². The summed E-state index contributed by atoms with van der Waals surface area (Å²) in [5, 5.41) is 2.82. The van der Waals surface area contributed by atoms with Gasteiger partial charge in [0.15, 0.2) is 5.78 Å². The zero-order valence-corrected chi connectivity index (χ0v) is 12.5. The van der Waals surface area contributed by atoms with Crippen molar-refractivity contribution in [2.45, 2.75) is 13.8 Å². The summed E-state index contributed by atoms with van der Waals surface area (Å²) < 4.78 is 0.846. The van der Waals surface area contributed by atoms with Crippen LogP contribution in [0.4, 0.5) is 5.69 Å². The number of hydrogen-bond donors (Lipinski definition) is 1. The van der Waals surface area contributed by atoms with E-state index in [1.54, 1.807) is 23.5 Å². The van der Waals surface area contributed by atoms with Crippen LogP contribution in [-0.2, 0) is 9.59 Å². The summed E-state index contributed by atoms with van der Waals surface area (Å²) in [6.45, 7) is 3.37. The van der Waals surface area contributed by atoms with Crippen LogP contribution in [0.1, 0.15) is 12.5 Å². The van der Waals surface area contributed by atoms with Crippen molar-refractivity contribution in [3.63, 3.8) is 0 Å². The topological polar surface area (TPSA) is 46.2 Å². The lowest BCUT2D eigenvalue weighted by Crippen LogP contribution is -2.20. The smallest absolute Gasteiger partial charge is 0.260 e. The number of carbonyl (C=O) groups is 2. The summed E-state index contributed by atoms with van der Waals surface area (Å²) >= 11 is 3.17. The minimum atomic E-state index is -0.307. The number of Topliss-reactive ketones (excluding diaryl/α,β-unsaturated/α-hetero) is 1. The van der Waals surface area contributed by atoms with Crippen molar-refractivity contribution in [3.05, 3.63) is 39.6 Å². The molecular weight excluding hydrogens is 278 g/mol. The Morgan fingerprint density at radius 1 is 1.16 bits per heavy atom. The third kappa shape index (κ3) is 3.42. The predicted octanol–water partition coefficient (Wildman–Crippen LogP) is 3.21. The van der Waals surface area contributed by atoms with Crippen LogP contribution in [0, 0.1) is 6.92 Å². The highest BCUT2D eigenvalue weighted by Crippen LogP contribution is 2.39. The van der Waals surface area contributed by atoms with Gasteiger partial charge in [-0.05, 0) is 25.5 Å². The molecule has 1 amide bonds. The third-order valence-electron chi connectivity index (χ3n) is 2.73. The van der Waals surface area contributed by atoms with E-state index in [4.69, 9.17) is 0 Å². The second-order valence-electron chi connectivity index (χ2n) is 4.18. The molecule has 1 aromatic rings. The Hall–Kier alpha value is -1.20. The van der Waals surface area contributed by atoms with Crippen molar-refractivity contribution >= 4 is 40.9 Å². The molecule has 1 N–H and O–H groups in total. The maximum Gasteiger partial charge on any atom is 0.260 e. The molecule has 0 radical (unpaired) electrons. The number of thioether (sulfide) groups is 2. The molecule has 0 aromatic heterocycles. The first-order valence-electron chi connectivity index (χ1n) is 5.97. The SMILES string of the molecule is CC(=O)C(C(=O)Nc1ccccc1C)=C1SCCS1. The molecule has 1 saturated heterocycles. The fourth-order valence-corrected chi connectivity index (χ4v) is 4.38. The van der Waals surface area contributed by atoms with Gasteiger partial charge in [-0.15, -0.1) is 23.5 Å². The normalized spacial score (nSPS) is 14.3. The molecule has 19 heavy (non-hydrogen) atoms. The second-order valence-corrected chi connectivity index (χ2v) is 6.65. The van der Waals surface area contributed by atoms with Gasteiger partial charge >= 0.3 is 0 Å². The number of hydrogen-bond acceptors (Lipinski definition) is 4. The lowest BCUT2D eigenvalue weighted by molar-refractivity contribution is -0.118. The number of rotatable bonds is 3. The molecule has 5 heteroatoms. The van der Waals surface area contributed by atoms with Gasteiger partial charge in [-0.2, -0.15) is 0 Å². The molecular formula is C14H15NO2S2. The van der Waals surface area contributed by atoms with Crippen LogP contribution in [0.5, 0.6) is 0 Å². The van der Waals surface area contributed by atoms with E-state index in [-0.39, 0.29) is 17.3 Å². The largest absolute Gasteiger partial charge is 0.322 e. The van der Waals surface area contributed by atoms with E-state index in [1.807, 2.05) is 31.2 Å². The van der Waals surface area contributed by atoms with Crippen molar-refractivity contribution in [2.24, 2.45) is 0 Å². The zero-order chi connectivity index (χ0) is 13.8. The average molecular weight is 293 g/mol. The van der Waals surface area contributed by atoms with Crippen LogP contribution in [0.15, 0.2) is 34.1 Å². The van der Waals surface area contributed by atoms with Crippen LogP contribution in [0.3, 0.4) is 0 Å². The zero-order valence-electron chi connectivity index (χ0n) is 10.9. The lowest BCUT2D eigenvalue weighted by Gasteiger charge is -2.10. The van der Waals surface area contributed by atoms with Gasteiger partial charge in [0.05, 0.1) is 4.24 Å². The quantitative estimate of drug-likeness (QED) is 0.528. The molecule has 1 aliphatic rings. The third-order valence-corrected chi connectivity index (χ3v) is 5.44. The molecule has 1 aliphatic heterocycles. The molecule has 0 saturated carbocycles. The number of para-hydroxylation sites is 1. The van der Waals surface area contributed by atoms with Crippen LogP contribution >= 0.6 is 23.5 Å². The van der Waals surface area contributed by atoms with Crippen molar-refractivity contribution in [2.75, 3.05) is 16.8 Å². The molecule has 0 bridgehead atoms. The van der Waals surface area contributed by atoms with Gasteiger partial charge in [0.2, 0.25) is 0 Å². The van der Waals surface area contributed by atoms with Crippen molar-refractivity contribution in [3.8, 4) is 0 Å². The van der Waals surface area contributed by atoms with Crippen molar-refractivity contribution in [1.82, 2.24) is 0 Å². The average Bonchev–Trinajstić information content (AvgIpc) is 2.85. The van der Waals surface area contributed by atoms with E-state index in [0.717, 1.165) is 27.0 Å². The fourth-order valence-electron chi connectivity index (χ4n) is 1.75. The molecule has 1 aromatic carbocycles. The Labute approximate surface area is 121 Å². The molecule has 1 fully saturated rings. The van der Waals surface area contributed by atoms with Gasteiger partial charge in [0.25, 0.3) is 5.91 Å². The highest BCUT2D eigenvalue weighted by atomic mass is 32.2. The van der Waals surface area contributed by atoms with E-state index >= 15 is 0 Å². The van der Waals surface area contributed by atoms with Crippen molar-refractivity contribution in [1.29, 1.82) is 0 Å². The van der Waals surface area contributed by atoms with Crippen LogP contribution in [0.25, 0.3) is 0 Å². The summed E-state index contributed by atoms with van der Waals surface area (Å²) in [6.07, 6.45) is 0. The Balaban J connectivity index is 2.25. The molecule has 100 valence electrons. The Morgan fingerprint density at radius 3 is 2.37 bits per heavy atom. The van der Waals surface area contributed by atoms with E-state index in [2.05, 4.69) is 5.32 Å². The fraction of sp³-hybridized carbons (Fsp3) is 0.286. The molecule has 0 aliphatic carbocycles. The number of anilines is 1. The Bertz CT molecular complexity index is 544. The molecule has 1 heterocycles.